The van der Waals surface area contributed by atoms with Crippen LogP contribution in [0.2, 0.25) is 10.0 Å². The third-order valence-electron chi connectivity index (χ3n) is 7.93. The van der Waals surface area contributed by atoms with Crippen LogP contribution >= 0.6 is 23.2 Å². The number of hydrogen-bond donors (Lipinski definition) is 1. The molecule has 8 nitrogen and oxygen atoms in total. The number of methoxy groups -OCH3 is 2. The van der Waals surface area contributed by atoms with Gasteiger partial charge in [0, 0.05) is 33.4 Å². The fourth-order valence-electron chi connectivity index (χ4n) is 5.42. The molecule has 1 N–H and O–H groups in total. The Morgan fingerprint density at radius 2 is 1.47 bits per heavy atom. The van der Waals surface area contributed by atoms with Crippen molar-refractivity contribution in [3.05, 3.63) is 87.4 Å². The number of aryl methyl sites for hydroxylation is 1. The number of carbonyl (C=O) groups is 1. The average Bonchev–Trinajstić information content (AvgIpc) is 3.92. The predicted molar refractivity (Wildman–Crippen MR) is 187 cm³/mol. The highest BCUT2D eigenvalue weighted by atomic mass is 35.5. The van der Waals surface area contributed by atoms with Crippen LogP contribution < -0.4 is 19.5 Å². The molecule has 1 saturated heterocycles. The molecule has 5 rings (SSSR count). The maximum Gasteiger partial charge on any atom is 0.227 e. The first-order valence-electron chi connectivity index (χ1n) is 16.4. The van der Waals surface area contributed by atoms with Crippen molar-refractivity contribution in [2.45, 2.75) is 51.6 Å². The van der Waals surface area contributed by atoms with Crippen LogP contribution in [0.25, 0.3) is 0 Å². The summed E-state index contributed by atoms with van der Waals surface area (Å²) in [5.74, 6) is 2.57. The lowest BCUT2D eigenvalue weighted by Gasteiger charge is -2.30. The highest BCUT2D eigenvalue weighted by Gasteiger charge is 2.36. The Morgan fingerprint density at radius 1 is 0.809 bits per heavy atom. The van der Waals surface area contributed by atoms with Crippen LogP contribution in [0.3, 0.4) is 0 Å². The fourth-order valence-corrected chi connectivity index (χ4v) is 6.13. The summed E-state index contributed by atoms with van der Waals surface area (Å²) < 4.78 is 27.3. The number of benzene rings is 3. The summed E-state index contributed by atoms with van der Waals surface area (Å²) in [6.45, 7) is 6.98. The van der Waals surface area contributed by atoms with Crippen LogP contribution in [-0.2, 0) is 27.2 Å². The summed E-state index contributed by atoms with van der Waals surface area (Å²) in [4.78, 5) is 15.3. The summed E-state index contributed by atoms with van der Waals surface area (Å²) in [6.07, 6.45) is 5.14. The van der Waals surface area contributed by atoms with Gasteiger partial charge in [-0.25, -0.2) is 0 Å². The zero-order valence-corrected chi connectivity index (χ0v) is 29.3. The number of halogens is 2. The molecular formula is C37H48Cl2N2O6. The van der Waals surface area contributed by atoms with Crippen molar-refractivity contribution in [1.29, 1.82) is 0 Å². The van der Waals surface area contributed by atoms with Crippen LogP contribution in [0.4, 0.5) is 0 Å². The number of para-hydroxylation sites is 1. The van der Waals surface area contributed by atoms with E-state index in [1.54, 1.807) is 14.2 Å². The molecule has 47 heavy (non-hydrogen) atoms. The lowest BCUT2D eigenvalue weighted by molar-refractivity contribution is -0.137. The van der Waals surface area contributed by atoms with E-state index in [0.29, 0.717) is 67.3 Å². The number of piperidine rings is 1. The predicted octanol–water partition coefficient (Wildman–Crippen LogP) is 7.15. The van der Waals surface area contributed by atoms with Gasteiger partial charge in [-0.2, -0.15) is 0 Å². The Hall–Kier alpha value is -3.01. The Morgan fingerprint density at radius 3 is 2.13 bits per heavy atom. The van der Waals surface area contributed by atoms with Crippen molar-refractivity contribution in [1.82, 2.24) is 10.2 Å². The second-order valence-electron chi connectivity index (χ2n) is 11.9. The van der Waals surface area contributed by atoms with Gasteiger partial charge in [0.15, 0.2) is 5.75 Å². The number of carbonyl (C=O) groups excluding carboxylic acids is 1. The second-order valence-corrected chi connectivity index (χ2v) is 12.7. The number of rotatable bonds is 16. The largest absolute Gasteiger partial charge is 0.491 e. The fraction of sp³-hybridized carbons (Fsp3) is 0.486. The molecular weight excluding hydrogens is 639 g/mol. The zero-order valence-electron chi connectivity index (χ0n) is 27.8. The molecule has 1 unspecified atom stereocenters. The SMILES string of the molecule is COCCOc1cc(CCOC)cc(CN(C(=O)C2CCCNC2)C2CC2)c1.Cc1cc(Cl)c(OCCOc2ccccc2)c(Cl)c1. The van der Waals surface area contributed by atoms with Gasteiger partial charge in [-0.1, -0.05) is 47.5 Å². The number of nitrogens with one attached hydrogen (secondary N) is 1. The van der Waals surface area contributed by atoms with Crippen molar-refractivity contribution in [3.63, 3.8) is 0 Å². The quantitative estimate of drug-likeness (QED) is 0.160. The zero-order chi connectivity index (χ0) is 33.4. The minimum atomic E-state index is 0.114. The van der Waals surface area contributed by atoms with Crippen molar-refractivity contribution in [2.24, 2.45) is 5.92 Å². The van der Waals surface area contributed by atoms with E-state index in [9.17, 15) is 4.79 Å². The molecule has 2 aliphatic rings. The molecule has 2 fully saturated rings. The number of ether oxygens (including phenoxy) is 5. The van der Waals surface area contributed by atoms with Gasteiger partial charge in [-0.3, -0.25) is 4.79 Å². The lowest BCUT2D eigenvalue weighted by Crippen LogP contribution is -2.43. The first-order valence-corrected chi connectivity index (χ1v) is 17.1. The summed E-state index contributed by atoms with van der Waals surface area (Å²) in [6, 6.07) is 19.9. The summed E-state index contributed by atoms with van der Waals surface area (Å²) >= 11 is 12.2. The number of amides is 1. The van der Waals surface area contributed by atoms with E-state index < -0.39 is 0 Å². The summed E-state index contributed by atoms with van der Waals surface area (Å²) in [7, 11) is 3.38. The molecule has 1 aliphatic carbocycles. The first kappa shape index (κ1) is 36.8. The minimum absolute atomic E-state index is 0.114. The van der Waals surface area contributed by atoms with E-state index in [1.165, 1.54) is 5.56 Å². The highest BCUT2D eigenvalue weighted by Crippen LogP contribution is 2.34. The van der Waals surface area contributed by atoms with Crippen LogP contribution in [0.5, 0.6) is 17.2 Å². The Bertz CT molecular complexity index is 1360. The van der Waals surface area contributed by atoms with Gasteiger partial charge >= 0.3 is 0 Å². The smallest absolute Gasteiger partial charge is 0.227 e. The lowest BCUT2D eigenvalue weighted by atomic mass is 9.97. The van der Waals surface area contributed by atoms with Crippen LogP contribution in [0.15, 0.2) is 60.7 Å². The minimum Gasteiger partial charge on any atom is -0.491 e. The van der Waals surface area contributed by atoms with E-state index >= 15 is 0 Å². The van der Waals surface area contributed by atoms with Gasteiger partial charge < -0.3 is 33.9 Å². The normalized spacial score (nSPS) is 15.7. The van der Waals surface area contributed by atoms with Gasteiger partial charge in [0.1, 0.15) is 31.3 Å². The van der Waals surface area contributed by atoms with Gasteiger partial charge in [-0.05, 0) is 98.7 Å². The van der Waals surface area contributed by atoms with Crippen molar-refractivity contribution >= 4 is 29.1 Å². The van der Waals surface area contributed by atoms with E-state index in [4.69, 9.17) is 46.9 Å². The van der Waals surface area contributed by atoms with E-state index in [1.807, 2.05) is 49.4 Å². The Balaban J connectivity index is 0.000000229. The Kier molecular flexibility index (Phi) is 15.5. The molecule has 1 atom stereocenters. The van der Waals surface area contributed by atoms with Gasteiger partial charge in [0.25, 0.3) is 0 Å². The van der Waals surface area contributed by atoms with Crippen LogP contribution in [-0.4, -0.2) is 77.2 Å². The highest BCUT2D eigenvalue weighted by molar-refractivity contribution is 6.37. The molecule has 10 heteroatoms. The molecule has 1 amide bonds. The Labute approximate surface area is 289 Å². The van der Waals surface area contributed by atoms with Gasteiger partial charge in [-0.15, -0.1) is 0 Å². The average molecular weight is 688 g/mol. The van der Waals surface area contributed by atoms with Crippen molar-refractivity contribution in [3.8, 4) is 17.2 Å². The molecule has 1 heterocycles. The topological polar surface area (TPSA) is 78.5 Å². The van der Waals surface area contributed by atoms with Crippen LogP contribution in [0, 0.1) is 12.8 Å². The van der Waals surface area contributed by atoms with Crippen molar-refractivity contribution < 1.29 is 28.5 Å². The standard InChI is InChI=1S/C22H34N2O4.C15H14Cl2O2/c1-26-9-7-17-12-18(14-21(13-17)28-11-10-27-2)16-24(20-5-6-20)22(25)19-4-3-8-23-15-19;1-11-9-13(16)15(14(17)10-11)19-8-7-18-12-5-3-2-4-6-12/h12-14,19-20,23H,3-11,15-16H2,1-2H3;2-6,9-10H,7-8H2,1H3. The maximum atomic E-state index is 13.2. The first-order chi connectivity index (χ1) is 22.9. The third kappa shape index (κ3) is 12.5. The number of nitrogens with zero attached hydrogens (tertiary/aromatic N) is 1. The van der Waals surface area contributed by atoms with Gasteiger partial charge in [0.2, 0.25) is 5.91 Å². The molecule has 1 saturated carbocycles. The van der Waals surface area contributed by atoms with Gasteiger partial charge in [0.05, 0.1) is 29.2 Å². The molecule has 0 spiro atoms. The van der Waals surface area contributed by atoms with E-state index in [0.717, 1.165) is 67.8 Å². The summed E-state index contributed by atoms with van der Waals surface area (Å²) in [5.41, 5.74) is 3.31. The summed E-state index contributed by atoms with van der Waals surface area (Å²) in [5, 5.41) is 4.41. The van der Waals surface area contributed by atoms with E-state index in [2.05, 4.69) is 28.4 Å². The molecule has 0 bridgehead atoms. The monoisotopic (exact) mass is 686 g/mol. The molecule has 3 aromatic carbocycles. The molecule has 256 valence electrons. The number of hydrogen-bond acceptors (Lipinski definition) is 7. The second kappa shape index (κ2) is 19.7. The molecule has 3 aromatic rings. The maximum absolute atomic E-state index is 13.2. The third-order valence-corrected chi connectivity index (χ3v) is 8.49. The van der Waals surface area contributed by atoms with Crippen LogP contribution in [0.1, 0.15) is 42.4 Å². The molecule has 0 aromatic heterocycles. The molecule has 1 aliphatic heterocycles. The van der Waals surface area contributed by atoms with Crippen molar-refractivity contribution in [2.75, 3.05) is 60.3 Å². The van der Waals surface area contributed by atoms with E-state index in [-0.39, 0.29) is 5.92 Å². The molecule has 0 radical (unpaired) electrons.